The zero-order chi connectivity index (χ0) is 12.6. The number of aryl methyl sites for hydroxylation is 1. The van der Waals surface area contributed by atoms with E-state index in [1.807, 2.05) is 6.92 Å². The second-order valence-electron chi connectivity index (χ2n) is 3.94. The van der Waals surface area contributed by atoms with Crippen LogP contribution >= 0.6 is 0 Å². The first kappa shape index (κ1) is 11.6. The van der Waals surface area contributed by atoms with Gasteiger partial charge in [0.1, 0.15) is 5.75 Å². The molecule has 1 aromatic carbocycles. The third kappa shape index (κ3) is 1.68. The lowest BCUT2D eigenvalue weighted by Crippen LogP contribution is -2.34. The Hall–Kier alpha value is -1.88. The molecule has 2 N–H and O–H groups in total. The largest absolute Gasteiger partial charge is 0.495 e. The zero-order valence-corrected chi connectivity index (χ0v) is 9.82. The number of amides is 1. The summed E-state index contributed by atoms with van der Waals surface area (Å²) in [6.07, 6.45) is 0. The fourth-order valence-corrected chi connectivity index (χ4v) is 2.03. The number of carbonyl (C=O) groups excluding carboxylic acids is 2. The number of hydrogen-bond donors (Lipinski definition) is 1. The Labute approximate surface area is 99.2 Å². The number of rotatable bonds is 3. The number of ether oxygens (including phenoxy) is 1. The molecule has 0 fully saturated rings. The summed E-state index contributed by atoms with van der Waals surface area (Å²) in [5.74, 6) is -0.488. The van der Waals surface area contributed by atoms with Crippen LogP contribution in [0.1, 0.15) is 15.9 Å². The third-order valence-electron chi connectivity index (χ3n) is 2.75. The Kier molecular flexibility index (Phi) is 2.85. The number of Topliss-reactive ketones (excluding diaryl/α,β-unsaturated/α-hetero) is 1. The number of nitrogens with zero attached hydrogens (tertiary/aromatic N) is 1. The van der Waals surface area contributed by atoms with Gasteiger partial charge < -0.3 is 15.4 Å². The summed E-state index contributed by atoms with van der Waals surface area (Å²) < 4.78 is 5.22. The second-order valence-corrected chi connectivity index (χ2v) is 3.94. The van der Waals surface area contributed by atoms with E-state index in [1.54, 1.807) is 12.1 Å². The Morgan fingerprint density at radius 2 is 2.06 bits per heavy atom. The highest BCUT2D eigenvalue weighted by Crippen LogP contribution is 2.38. The highest BCUT2D eigenvalue weighted by atomic mass is 16.5. The van der Waals surface area contributed by atoms with Gasteiger partial charge >= 0.3 is 0 Å². The molecule has 1 aromatic rings. The number of anilines is 1. The van der Waals surface area contributed by atoms with Crippen LogP contribution in [0.5, 0.6) is 5.75 Å². The van der Waals surface area contributed by atoms with Crippen molar-refractivity contribution in [3.05, 3.63) is 23.3 Å². The first-order valence-corrected chi connectivity index (χ1v) is 5.35. The first-order valence-electron chi connectivity index (χ1n) is 5.35. The summed E-state index contributed by atoms with van der Waals surface area (Å²) in [7, 11) is 1.52. The van der Waals surface area contributed by atoms with E-state index < -0.39 is 11.7 Å². The molecule has 0 aromatic heterocycles. The molecule has 0 bridgehead atoms. The predicted molar refractivity (Wildman–Crippen MR) is 63.5 cm³/mol. The SMILES string of the molecule is COc1cc(C)cc2c1N(CCN)C(=O)C2=O. The van der Waals surface area contributed by atoms with Crippen molar-refractivity contribution in [3.63, 3.8) is 0 Å². The van der Waals surface area contributed by atoms with Crippen molar-refractivity contribution < 1.29 is 14.3 Å². The van der Waals surface area contributed by atoms with Crippen LogP contribution in [0.2, 0.25) is 0 Å². The molecule has 17 heavy (non-hydrogen) atoms. The number of benzene rings is 1. The Balaban J connectivity index is 2.62. The molecule has 0 spiro atoms. The first-order chi connectivity index (χ1) is 8.10. The molecule has 5 heteroatoms. The van der Waals surface area contributed by atoms with E-state index >= 15 is 0 Å². The van der Waals surface area contributed by atoms with Crippen molar-refractivity contribution in [2.75, 3.05) is 25.1 Å². The van der Waals surface area contributed by atoms with Crippen LogP contribution < -0.4 is 15.4 Å². The van der Waals surface area contributed by atoms with Gasteiger partial charge in [0.05, 0.1) is 18.4 Å². The average molecular weight is 234 g/mol. The number of hydrogen-bond acceptors (Lipinski definition) is 4. The van der Waals surface area contributed by atoms with E-state index in [0.29, 0.717) is 30.1 Å². The maximum atomic E-state index is 11.8. The summed E-state index contributed by atoms with van der Waals surface area (Å²) in [5, 5.41) is 0. The van der Waals surface area contributed by atoms with Crippen molar-refractivity contribution in [2.45, 2.75) is 6.92 Å². The summed E-state index contributed by atoms with van der Waals surface area (Å²) in [6.45, 7) is 2.47. The van der Waals surface area contributed by atoms with Crippen molar-refractivity contribution >= 4 is 17.4 Å². The number of carbonyl (C=O) groups is 2. The van der Waals surface area contributed by atoms with Gasteiger partial charge in [-0.3, -0.25) is 9.59 Å². The molecule has 1 heterocycles. The normalized spacial score (nSPS) is 14.2. The monoisotopic (exact) mass is 234 g/mol. The molecule has 1 aliphatic heterocycles. The Morgan fingerprint density at radius 3 is 2.65 bits per heavy atom. The third-order valence-corrected chi connectivity index (χ3v) is 2.75. The van der Waals surface area contributed by atoms with E-state index in [9.17, 15) is 9.59 Å². The lowest BCUT2D eigenvalue weighted by molar-refractivity contribution is -0.114. The molecule has 0 radical (unpaired) electrons. The van der Waals surface area contributed by atoms with Crippen molar-refractivity contribution in [1.82, 2.24) is 0 Å². The molecule has 1 amide bonds. The van der Waals surface area contributed by atoms with Crippen molar-refractivity contribution in [1.29, 1.82) is 0 Å². The van der Waals surface area contributed by atoms with E-state index in [2.05, 4.69) is 0 Å². The molecule has 0 unspecified atom stereocenters. The summed E-state index contributed by atoms with van der Waals surface area (Å²) >= 11 is 0. The number of methoxy groups -OCH3 is 1. The molecular weight excluding hydrogens is 220 g/mol. The smallest absolute Gasteiger partial charge is 0.299 e. The molecule has 0 aliphatic carbocycles. The van der Waals surface area contributed by atoms with E-state index in [0.717, 1.165) is 5.56 Å². The number of ketones is 1. The van der Waals surface area contributed by atoms with E-state index in [4.69, 9.17) is 10.5 Å². The van der Waals surface area contributed by atoms with Gasteiger partial charge in [0, 0.05) is 13.1 Å². The predicted octanol–water partition coefficient (Wildman–Crippen LogP) is 0.492. The van der Waals surface area contributed by atoms with Gasteiger partial charge in [-0.1, -0.05) is 0 Å². The van der Waals surface area contributed by atoms with Crippen molar-refractivity contribution in [3.8, 4) is 5.75 Å². The lowest BCUT2D eigenvalue weighted by atomic mass is 10.1. The van der Waals surface area contributed by atoms with Crippen LogP contribution in [0.3, 0.4) is 0 Å². The van der Waals surface area contributed by atoms with Crippen LogP contribution in [0.4, 0.5) is 5.69 Å². The van der Waals surface area contributed by atoms with E-state index in [1.165, 1.54) is 12.0 Å². The van der Waals surface area contributed by atoms with Gasteiger partial charge in [-0.25, -0.2) is 0 Å². The molecular formula is C12H14N2O3. The molecule has 1 aliphatic rings. The maximum absolute atomic E-state index is 11.8. The van der Waals surface area contributed by atoms with Crippen LogP contribution in [0.25, 0.3) is 0 Å². The van der Waals surface area contributed by atoms with Gasteiger partial charge in [-0.15, -0.1) is 0 Å². The molecule has 0 atom stereocenters. The van der Waals surface area contributed by atoms with Gasteiger partial charge in [-0.05, 0) is 24.6 Å². The zero-order valence-electron chi connectivity index (χ0n) is 9.82. The molecule has 0 saturated heterocycles. The summed E-state index contributed by atoms with van der Waals surface area (Å²) in [6, 6.07) is 3.50. The highest BCUT2D eigenvalue weighted by molar-refractivity contribution is 6.52. The fourth-order valence-electron chi connectivity index (χ4n) is 2.03. The van der Waals surface area contributed by atoms with Gasteiger partial charge in [0.2, 0.25) is 0 Å². The lowest BCUT2D eigenvalue weighted by Gasteiger charge is -2.18. The van der Waals surface area contributed by atoms with E-state index in [-0.39, 0.29) is 0 Å². The van der Waals surface area contributed by atoms with Crippen LogP contribution in [0, 0.1) is 6.92 Å². The minimum Gasteiger partial charge on any atom is -0.495 e. The summed E-state index contributed by atoms with van der Waals surface area (Å²) in [5.41, 5.74) is 7.28. The minimum absolute atomic E-state index is 0.301. The Morgan fingerprint density at radius 1 is 1.35 bits per heavy atom. The molecule has 90 valence electrons. The standard InChI is InChI=1S/C12H14N2O3/c1-7-5-8-10(9(6-7)17-2)14(4-3-13)12(16)11(8)15/h5-6H,3-4,13H2,1-2H3. The summed E-state index contributed by atoms with van der Waals surface area (Å²) in [4.78, 5) is 25.0. The Bertz CT molecular complexity index is 497. The number of nitrogens with two attached hydrogens (primary N) is 1. The van der Waals surface area contributed by atoms with Gasteiger partial charge in [0.15, 0.2) is 0 Å². The highest BCUT2D eigenvalue weighted by Gasteiger charge is 2.37. The minimum atomic E-state index is -0.533. The molecule has 5 nitrogen and oxygen atoms in total. The second kappa shape index (κ2) is 4.18. The quantitative estimate of drug-likeness (QED) is 0.772. The molecule has 0 saturated carbocycles. The van der Waals surface area contributed by atoms with Gasteiger partial charge in [-0.2, -0.15) is 0 Å². The molecule has 2 rings (SSSR count). The van der Waals surface area contributed by atoms with Crippen molar-refractivity contribution in [2.24, 2.45) is 5.73 Å². The maximum Gasteiger partial charge on any atom is 0.299 e. The topological polar surface area (TPSA) is 72.6 Å². The van der Waals surface area contributed by atoms with Crippen LogP contribution in [0.15, 0.2) is 12.1 Å². The van der Waals surface area contributed by atoms with Crippen LogP contribution in [-0.2, 0) is 4.79 Å². The van der Waals surface area contributed by atoms with Gasteiger partial charge in [0.25, 0.3) is 11.7 Å². The number of fused-ring (bicyclic) bond motifs is 1. The average Bonchev–Trinajstić information content (AvgIpc) is 2.54. The van der Waals surface area contributed by atoms with Crippen LogP contribution in [-0.4, -0.2) is 31.9 Å². The fraction of sp³-hybridized carbons (Fsp3) is 0.333.